The summed E-state index contributed by atoms with van der Waals surface area (Å²) in [7, 11) is 0. The van der Waals surface area contributed by atoms with E-state index in [1.54, 1.807) is 6.92 Å². The van der Waals surface area contributed by atoms with Crippen molar-refractivity contribution in [2.75, 3.05) is 12.0 Å². The molecule has 42 heavy (non-hydrogen) atoms. The second-order valence-electron chi connectivity index (χ2n) is 10.1. The Kier molecular flexibility index (Phi) is 10.1. The van der Waals surface area contributed by atoms with Crippen LogP contribution >= 0.6 is 0 Å². The number of amides is 2. The van der Waals surface area contributed by atoms with Gasteiger partial charge in [-0.25, -0.2) is 0 Å². The summed E-state index contributed by atoms with van der Waals surface area (Å²) in [6.45, 7) is -0.991. The highest BCUT2D eigenvalue weighted by Gasteiger charge is 2.32. The smallest absolute Gasteiger partial charge is 0.416 e. The highest BCUT2D eigenvalue weighted by molar-refractivity contribution is 5.96. The summed E-state index contributed by atoms with van der Waals surface area (Å²) in [5.41, 5.74) is 2.72. The lowest BCUT2D eigenvalue weighted by Crippen LogP contribution is -2.51. The quantitative estimate of drug-likeness (QED) is 0.178. The Morgan fingerprint density at radius 1 is 1.02 bits per heavy atom. The first-order valence-corrected chi connectivity index (χ1v) is 13.7. The Hall–Kier alpha value is -4.09. The lowest BCUT2D eigenvalue weighted by atomic mass is 9.84. The number of hydrazine groups is 1. The van der Waals surface area contributed by atoms with Crippen molar-refractivity contribution in [3.8, 4) is 17.1 Å². The number of nitrogens with zero attached hydrogens (tertiary/aromatic N) is 1. The molecule has 1 saturated carbocycles. The molecule has 0 radical (unpaired) electrons. The van der Waals surface area contributed by atoms with E-state index in [9.17, 15) is 31.5 Å². The Morgan fingerprint density at radius 3 is 2.38 bits per heavy atom. The number of likely N-dealkylation sites (N-methyl/N-ethyl adjacent to an activating group) is 1. The lowest BCUT2D eigenvalue weighted by molar-refractivity contribution is -0.137. The SMILES string of the molecule is CCN(Nc1ccc(OC(F)F)cc1)C(=O)C(CC1CCCCC1)NC(=O)c1ccc(-c2cccc(C(F)(F)F)c2)o1. The number of anilines is 1. The van der Waals surface area contributed by atoms with E-state index in [0.29, 0.717) is 12.1 Å². The zero-order chi connectivity index (χ0) is 30.3. The number of rotatable bonds is 11. The highest BCUT2D eigenvalue weighted by atomic mass is 19.4. The summed E-state index contributed by atoms with van der Waals surface area (Å²) in [5.74, 6) is -0.960. The zero-order valence-electron chi connectivity index (χ0n) is 22.9. The molecule has 1 heterocycles. The molecule has 1 aromatic heterocycles. The monoisotopic (exact) mass is 593 g/mol. The number of furan rings is 1. The van der Waals surface area contributed by atoms with Gasteiger partial charge in [-0.2, -0.15) is 22.0 Å². The molecule has 1 fully saturated rings. The van der Waals surface area contributed by atoms with Gasteiger partial charge >= 0.3 is 12.8 Å². The number of nitrogens with one attached hydrogen (secondary N) is 2. The molecule has 1 aliphatic rings. The van der Waals surface area contributed by atoms with Crippen LogP contribution < -0.4 is 15.5 Å². The molecule has 7 nitrogen and oxygen atoms in total. The summed E-state index contributed by atoms with van der Waals surface area (Å²) in [6.07, 6.45) is 0.875. The van der Waals surface area contributed by atoms with Crippen LogP contribution in [-0.2, 0) is 11.0 Å². The molecule has 3 aromatic rings. The first kappa shape index (κ1) is 30.9. The maximum Gasteiger partial charge on any atom is 0.416 e. The van der Waals surface area contributed by atoms with Gasteiger partial charge in [-0.05, 0) is 67.8 Å². The van der Waals surface area contributed by atoms with Crippen molar-refractivity contribution >= 4 is 17.5 Å². The average Bonchev–Trinajstić information content (AvgIpc) is 3.47. The second-order valence-corrected chi connectivity index (χ2v) is 10.1. The van der Waals surface area contributed by atoms with Crippen LogP contribution in [0, 0.1) is 5.92 Å². The Morgan fingerprint density at radius 2 is 1.74 bits per heavy atom. The minimum absolute atomic E-state index is 0.0321. The van der Waals surface area contributed by atoms with Gasteiger partial charge in [0.05, 0.1) is 11.3 Å². The average molecular weight is 594 g/mol. The van der Waals surface area contributed by atoms with Crippen LogP contribution in [0.15, 0.2) is 65.1 Å². The molecule has 12 heteroatoms. The number of halogens is 5. The summed E-state index contributed by atoms with van der Waals surface area (Å²) >= 11 is 0. The molecular weight excluding hydrogens is 561 g/mol. The Labute approximate surface area is 240 Å². The van der Waals surface area contributed by atoms with E-state index in [0.717, 1.165) is 44.2 Å². The van der Waals surface area contributed by atoms with Crippen molar-refractivity contribution in [1.82, 2.24) is 10.3 Å². The van der Waals surface area contributed by atoms with Crippen molar-refractivity contribution in [3.05, 3.63) is 72.0 Å². The van der Waals surface area contributed by atoms with Crippen molar-refractivity contribution in [2.45, 2.75) is 64.3 Å². The fourth-order valence-corrected chi connectivity index (χ4v) is 5.02. The highest BCUT2D eigenvalue weighted by Crippen LogP contribution is 2.33. The summed E-state index contributed by atoms with van der Waals surface area (Å²) in [6, 6.07) is 12.1. The predicted molar refractivity (Wildman–Crippen MR) is 146 cm³/mol. The van der Waals surface area contributed by atoms with Crippen LogP contribution in [0.25, 0.3) is 11.3 Å². The van der Waals surface area contributed by atoms with E-state index in [-0.39, 0.29) is 35.3 Å². The van der Waals surface area contributed by atoms with Crippen molar-refractivity contribution in [2.24, 2.45) is 5.92 Å². The first-order chi connectivity index (χ1) is 20.0. The number of carbonyl (C=O) groups excluding carboxylic acids is 2. The van der Waals surface area contributed by atoms with Gasteiger partial charge in [0.2, 0.25) is 0 Å². The summed E-state index contributed by atoms with van der Waals surface area (Å²) < 4.78 is 74.4. The summed E-state index contributed by atoms with van der Waals surface area (Å²) in [4.78, 5) is 26.9. The van der Waals surface area contributed by atoms with Crippen molar-refractivity contribution in [3.63, 3.8) is 0 Å². The van der Waals surface area contributed by atoms with Gasteiger partial charge in [-0.15, -0.1) is 0 Å². The van der Waals surface area contributed by atoms with Gasteiger partial charge in [-0.1, -0.05) is 44.2 Å². The predicted octanol–water partition coefficient (Wildman–Crippen LogP) is 7.51. The molecule has 2 N–H and O–H groups in total. The maximum atomic E-state index is 13.7. The van der Waals surface area contributed by atoms with Crippen molar-refractivity contribution in [1.29, 1.82) is 0 Å². The Bertz CT molecular complexity index is 1340. The molecule has 0 saturated heterocycles. The van der Waals surface area contributed by atoms with Gasteiger partial charge < -0.3 is 14.5 Å². The molecule has 2 aromatic carbocycles. The number of hydrogen-bond acceptors (Lipinski definition) is 5. The van der Waals surface area contributed by atoms with Crippen molar-refractivity contribution < 1.29 is 40.7 Å². The van der Waals surface area contributed by atoms with Crippen LogP contribution in [0.4, 0.5) is 27.6 Å². The third-order valence-electron chi connectivity index (χ3n) is 7.13. The molecule has 2 amide bonds. The number of ether oxygens (including phenoxy) is 1. The third-order valence-corrected chi connectivity index (χ3v) is 7.13. The van der Waals surface area contributed by atoms with Crippen LogP contribution in [0.3, 0.4) is 0 Å². The van der Waals surface area contributed by atoms with E-state index in [4.69, 9.17) is 4.42 Å². The van der Waals surface area contributed by atoms with Gasteiger partial charge in [0.25, 0.3) is 11.8 Å². The lowest BCUT2D eigenvalue weighted by Gasteiger charge is -2.31. The van der Waals surface area contributed by atoms with E-state index in [2.05, 4.69) is 15.5 Å². The molecule has 0 spiro atoms. The Balaban J connectivity index is 1.50. The fourth-order valence-electron chi connectivity index (χ4n) is 5.02. The van der Waals surface area contributed by atoms with Gasteiger partial charge in [0, 0.05) is 12.1 Å². The molecular formula is C30H32F5N3O4. The summed E-state index contributed by atoms with van der Waals surface area (Å²) in [5, 5.41) is 4.09. The molecule has 1 atom stereocenters. The molecule has 4 rings (SSSR count). The normalized spacial score (nSPS) is 14.8. The van der Waals surface area contributed by atoms with E-state index in [1.165, 1.54) is 53.5 Å². The maximum absolute atomic E-state index is 13.7. The van der Waals surface area contributed by atoms with Gasteiger partial charge in [-0.3, -0.25) is 20.0 Å². The molecule has 0 aliphatic heterocycles. The topological polar surface area (TPSA) is 83.8 Å². The van der Waals surface area contributed by atoms with Crippen LogP contribution in [-0.4, -0.2) is 36.0 Å². The van der Waals surface area contributed by atoms with Gasteiger partial charge in [0.1, 0.15) is 17.6 Å². The minimum Gasteiger partial charge on any atom is -0.451 e. The van der Waals surface area contributed by atoms with Gasteiger partial charge in [0.15, 0.2) is 5.76 Å². The first-order valence-electron chi connectivity index (χ1n) is 13.7. The minimum atomic E-state index is -4.53. The number of benzene rings is 2. The third kappa shape index (κ3) is 8.23. The van der Waals surface area contributed by atoms with E-state index >= 15 is 0 Å². The second kappa shape index (κ2) is 13.7. The largest absolute Gasteiger partial charge is 0.451 e. The molecule has 1 unspecified atom stereocenters. The molecule has 226 valence electrons. The van der Waals surface area contributed by atoms with Crippen LogP contribution in [0.2, 0.25) is 0 Å². The number of alkyl halides is 5. The van der Waals surface area contributed by atoms with Crippen LogP contribution in [0.5, 0.6) is 5.75 Å². The standard InChI is InChI=1S/C30H32F5N3O4/c1-2-38(37-22-11-13-23(14-12-22)41-29(31)32)28(40)24(17-19-7-4-3-5-8-19)36-27(39)26-16-15-25(42-26)20-9-6-10-21(18-20)30(33,34)35/h6,9-16,18-19,24,29,37H,2-5,7-8,17H2,1H3,(H,36,39). The van der Waals surface area contributed by atoms with E-state index < -0.39 is 36.2 Å². The number of carbonyl (C=O) groups is 2. The van der Waals surface area contributed by atoms with E-state index in [1.807, 2.05) is 0 Å². The molecule has 1 aliphatic carbocycles. The fraction of sp³-hybridized carbons (Fsp3) is 0.400. The zero-order valence-corrected chi connectivity index (χ0v) is 22.9. The van der Waals surface area contributed by atoms with Crippen LogP contribution in [0.1, 0.15) is 61.6 Å². The molecule has 0 bridgehead atoms. The number of hydrogen-bond donors (Lipinski definition) is 2.